The quantitative estimate of drug-likeness (QED) is 0.733. The second kappa shape index (κ2) is 2.74. The van der Waals surface area contributed by atoms with Gasteiger partial charge in [-0.25, -0.2) is 0 Å². The minimum absolute atomic E-state index is 0.351. The predicted molar refractivity (Wildman–Crippen MR) is 55.7 cm³/mol. The highest BCUT2D eigenvalue weighted by atomic mass is 16.5. The van der Waals surface area contributed by atoms with Crippen LogP contribution in [0.15, 0.2) is 18.2 Å². The summed E-state index contributed by atoms with van der Waals surface area (Å²) in [5.41, 5.74) is 8.97. The van der Waals surface area contributed by atoms with Gasteiger partial charge in [0.05, 0.1) is 7.11 Å². The monoisotopic (exact) mass is 189 g/mol. The first-order chi connectivity index (χ1) is 6.81. The van der Waals surface area contributed by atoms with Crippen LogP contribution in [-0.2, 0) is 0 Å². The number of methoxy groups -OCH3 is 1. The Morgan fingerprint density at radius 1 is 1.36 bits per heavy atom. The van der Waals surface area contributed by atoms with Crippen molar-refractivity contribution in [3.8, 4) is 5.75 Å². The van der Waals surface area contributed by atoms with Crippen molar-refractivity contribution in [2.45, 2.75) is 30.7 Å². The number of fused-ring (bicyclic) bond motifs is 5. The van der Waals surface area contributed by atoms with E-state index >= 15 is 0 Å². The molecule has 2 nitrogen and oxygen atoms in total. The lowest BCUT2D eigenvalue weighted by molar-refractivity contribution is 0.403. The number of ether oxygens (including phenoxy) is 1. The van der Waals surface area contributed by atoms with Gasteiger partial charge >= 0.3 is 0 Å². The molecule has 2 heteroatoms. The van der Waals surface area contributed by atoms with E-state index in [1.807, 2.05) is 6.07 Å². The molecule has 3 rings (SSSR count). The fraction of sp³-hybridized carbons (Fsp3) is 0.500. The zero-order valence-corrected chi connectivity index (χ0v) is 8.36. The van der Waals surface area contributed by atoms with Crippen LogP contribution in [0.4, 0.5) is 0 Å². The largest absolute Gasteiger partial charge is 0.496 e. The van der Waals surface area contributed by atoms with Crippen molar-refractivity contribution in [2.75, 3.05) is 7.11 Å². The molecule has 3 atom stereocenters. The fourth-order valence-corrected chi connectivity index (χ4v) is 3.15. The SMILES string of the molecule is COc1cccc2c1C1CC2CC1N. The number of benzene rings is 1. The summed E-state index contributed by atoms with van der Waals surface area (Å²) < 4.78 is 5.40. The van der Waals surface area contributed by atoms with Crippen LogP contribution in [0, 0.1) is 0 Å². The molecule has 74 valence electrons. The van der Waals surface area contributed by atoms with E-state index in [0.717, 1.165) is 12.2 Å². The van der Waals surface area contributed by atoms with Crippen LogP contribution in [-0.4, -0.2) is 13.2 Å². The molecule has 1 aromatic rings. The van der Waals surface area contributed by atoms with E-state index in [2.05, 4.69) is 12.1 Å². The molecule has 3 unspecified atom stereocenters. The van der Waals surface area contributed by atoms with Gasteiger partial charge in [-0.2, -0.15) is 0 Å². The minimum Gasteiger partial charge on any atom is -0.496 e. The smallest absolute Gasteiger partial charge is 0.122 e. The van der Waals surface area contributed by atoms with Crippen molar-refractivity contribution in [3.05, 3.63) is 29.3 Å². The number of hydrogen-bond donors (Lipinski definition) is 1. The Balaban J connectivity index is 2.17. The third-order valence-electron chi connectivity index (χ3n) is 3.74. The molecule has 2 bridgehead atoms. The number of hydrogen-bond acceptors (Lipinski definition) is 2. The standard InChI is InChI=1S/C12H15NO/c1-14-11-4-2-3-8-7-5-9(12(8)11)10(13)6-7/h2-4,7,9-10H,5-6,13H2,1H3. The van der Waals surface area contributed by atoms with Crippen LogP contribution in [0.3, 0.4) is 0 Å². The van der Waals surface area contributed by atoms with Crippen LogP contribution >= 0.6 is 0 Å². The van der Waals surface area contributed by atoms with Crippen molar-refractivity contribution >= 4 is 0 Å². The molecule has 0 saturated heterocycles. The summed E-state index contributed by atoms with van der Waals surface area (Å²) >= 11 is 0. The lowest BCUT2D eigenvalue weighted by Gasteiger charge is -2.22. The summed E-state index contributed by atoms with van der Waals surface area (Å²) in [5, 5.41) is 0. The van der Waals surface area contributed by atoms with E-state index in [-0.39, 0.29) is 0 Å². The molecule has 14 heavy (non-hydrogen) atoms. The van der Waals surface area contributed by atoms with E-state index < -0.39 is 0 Å². The Morgan fingerprint density at radius 3 is 3.00 bits per heavy atom. The maximum atomic E-state index is 6.10. The van der Waals surface area contributed by atoms with E-state index in [9.17, 15) is 0 Å². The molecule has 0 aromatic heterocycles. The number of rotatable bonds is 1. The summed E-state index contributed by atoms with van der Waals surface area (Å²) in [6, 6.07) is 6.72. The van der Waals surface area contributed by atoms with E-state index in [1.165, 1.54) is 17.5 Å². The molecular weight excluding hydrogens is 174 g/mol. The molecule has 2 N–H and O–H groups in total. The molecule has 0 aliphatic heterocycles. The molecular formula is C12H15NO. The Labute approximate surface area is 84.1 Å². The van der Waals surface area contributed by atoms with Gasteiger partial charge in [0.1, 0.15) is 5.75 Å². The Morgan fingerprint density at radius 2 is 2.21 bits per heavy atom. The average molecular weight is 189 g/mol. The normalized spacial score (nSPS) is 33.1. The van der Waals surface area contributed by atoms with Gasteiger partial charge in [0.25, 0.3) is 0 Å². The van der Waals surface area contributed by atoms with Gasteiger partial charge in [-0.1, -0.05) is 12.1 Å². The van der Waals surface area contributed by atoms with Gasteiger partial charge in [0.2, 0.25) is 0 Å². The third-order valence-corrected chi connectivity index (χ3v) is 3.74. The first-order valence-corrected chi connectivity index (χ1v) is 5.23. The van der Waals surface area contributed by atoms with Gasteiger partial charge in [-0.05, 0) is 30.4 Å². The molecule has 0 amide bonds. The van der Waals surface area contributed by atoms with Gasteiger partial charge in [0, 0.05) is 17.5 Å². The lowest BCUT2D eigenvalue weighted by atomic mass is 9.88. The number of nitrogens with two attached hydrogens (primary N) is 1. The zero-order chi connectivity index (χ0) is 9.71. The zero-order valence-electron chi connectivity index (χ0n) is 8.36. The van der Waals surface area contributed by atoms with Crippen molar-refractivity contribution in [1.82, 2.24) is 0 Å². The molecule has 1 fully saturated rings. The molecule has 1 saturated carbocycles. The van der Waals surface area contributed by atoms with Crippen LogP contribution in [0.25, 0.3) is 0 Å². The van der Waals surface area contributed by atoms with E-state index in [0.29, 0.717) is 17.9 Å². The summed E-state index contributed by atoms with van der Waals surface area (Å²) in [6.07, 6.45) is 2.39. The van der Waals surface area contributed by atoms with Crippen LogP contribution in [0.5, 0.6) is 5.75 Å². The first kappa shape index (κ1) is 8.30. The van der Waals surface area contributed by atoms with Crippen molar-refractivity contribution in [1.29, 1.82) is 0 Å². The maximum absolute atomic E-state index is 6.10. The summed E-state index contributed by atoms with van der Waals surface area (Å²) in [7, 11) is 1.74. The topological polar surface area (TPSA) is 35.2 Å². The minimum atomic E-state index is 0.351. The van der Waals surface area contributed by atoms with Gasteiger partial charge < -0.3 is 10.5 Å². The van der Waals surface area contributed by atoms with Gasteiger partial charge in [-0.3, -0.25) is 0 Å². The predicted octanol–water partition coefficient (Wildman–Crippen LogP) is 2.00. The first-order valence-electron chi connectivity index (χ1n) is 5.23. The summed E-state index contributed by atoms with van der Waals surface area (Å²) in [5.74, 6) is 2.27. The fourth-order valence-electron chi connectivity index (χ4n) is 3.15. The van der Waals surface area contributed by atoms with Crippen molar-refractivity contribution < 1.29 is 4.74 Å². The average Bonchev–Trinajstić information content (AvgIpc) is 2.74. The van der Waals surface area contributed by atoms with E-state index in [1.54, 1.807) is 7.11 Å². The maximum Gasteiger partial charge on any atom is 0.122 e. The molecule has 0 heterocycles. The second-order valence-electron chi connectivity index (χ2n) is 4.40. The van der Waals surface area contributed by atoms with Crippen LogP contribution < -0.4 is 10.5 Å². The van der Waals surface area contributed by atoms with Crippen LogP contribution in [0.1, 0.15) is 35.8 Å². The highest BCUT2D eigenvalue weighted by Crippen LogP contribution is 2.55. The summed E-state index contributed by atoms with van der Waals surface area (Å²) in [4.78, 5) is 0. The van der Waals surface area contributed by atoms with Gasteiger partial charge in [0.15, 0.2) is 0 Å². The van der Waals surface area contributed by atoms with E-state index in [4.69, 9.17) is 10.5 Å². The highest BCUT2D eigenvalue weighted by molar-refractivity contribution is 5.51. The lowest BCUT2D eigenvalue weighted by Crippen LogP contribution is -2.25. The molecule has 0 radical (unpaired) electrons. The molecule has 1 aromatic carbocycles. The van der Waals surface area contributed by atoms with Crippen LogP contribution in [0.2, 0.25) is 0 Å². The van der Waals surface area contributed by atoms with Gasteiger partial charge in [-0.15, -0.1) is 0 Å². The second-order valence-corrected chi connectivity index (χ2v) is 4.40. The highest BCUT2D eigenvalue weighted by Gasteiger charge is 2.43. The Bertz CT molecular complexity index is 375. The third kappa shape index (κ3) is 0.894. The van der Waals surface area contributed by atoms with Crippen molar-refractivity contribution in [3.63, 3.8) is 0 Å². The summed E-state index contributed by atoms with van der Waals surface area (Å²) in [6.45, 7) is 0. The van der Waals surface area contributed by atoms with Crippen molar-refractivity contribution in [2.24, 2.45) is 5.73 Å². The molecule has 0 spiro atoms. The molecule has 2 aliphatic rings. The Hall–Kier alpha value is -1.02. The molecule has 2 aliphatic carbocycles. The Kier molecular flexibility index (Phi) is 1.62.